The highest BCUT2D eigenvalue weighted by Gasteiger charge is 2.34. The third-order valence-electron chi connectivity index (χ3n) is 6.60. The molecule has 2 aliphatic rings. The summed E-state index contributed by atoms with van der Waals surface area (Å²) in [5.74, 6) is 1.44. The van der Waals surface area contributed by atoms with Gasteiger partial charge in [-0.1, -0.05) is 42.5 Å². The van der Waals surface area contributed by atoms with Crippen LogP contribution in [-0.2, 0) is 16.1 Å². The van der Waals surface area contributed by atoms with E-state index >= 15 is 0 Å². The first-order valence-electron chi connectivity index (χ1n) is 12.5. The van der Waals surface area contributed by atoms with Gasteiger partial charge in [-0.15, -0.1) is 0 Å². The third-order valence-corrected chi connectivity index (χ3v) is 6.60. The molecule has 0 radical (unpaired) electrons. The molecule has 1 aliphatic heterocycles. The van der Waals surface area contributed by atoms with Crippen molar-refractivity contribution in [2.24, 2.45) is 11.8 Å². The van der Waals surface area contributed by atoms with Crippen LogP contribution in [0.15, 0.2) is 73.2 Å². The average molecular weight is 487 g/mol. The van der Waals surface area contributed by atoms with Gasteiger partial charge in [0.25, 0.3) is 0 Å². The molecule has 1 saturated carbocycles. The number of carbonyl (C=O) groups excluding carboxylic acids is 2. The van der Waals surface area contributed by atoms with Crippen LogP contribution >= 0.6 is 0 Å². The van der Waals surface area contributed by atoms with Crippen LogP contribution in [0, 0.1) is 11.8 Å². The van der Waals surface area contributed by atoms with Gasteiger partial charge >= 0.3 is 6.09 Å². The molecule has 2 amide bonds. The minimum Gasteiger partial charge on any atom is -0.491 e. The van der Waals surface area contributed by atoms with E-state index in [0.29, 0.717) is 55.7 Å². The monoisotopic (exact) mass is 486 g/mol. The number of hydrogen-bond donors (Lipinski definition) is 0. The quantitative estimate of drug-likeness (QED) is 0.447. The molecule has 36 heavy (non-hydrogen) atoms. The van der Waals surface area contributed by atoms with E-state index in [9.17, 15) is 9.59 Å². The number of amides is 2. The molecule has 186 valence electrons. The fourth-order valence-corrected chi connectivity index (χ4v) is 4.33. The highest BCUT2D eigenvalue weighted by molar-refractivity contribution is 6.02. The number of para-hydroxylation sites is 2. The van der Waals surface area contributed by atoms with Gasteiger partial charge in [0.15, 0.2) is 0 Å². The molecule has 2 heterocycles. The second-order valence-corrected chi connectivity index (χ2v) is 9.26. The first kappa shape index (κ1) is 23.8. The summed E-state index contributed by atoms with van der Waals surface area (Å²) in [7, 11) is 0. The summed E-state index contributed by atoms with van der Waals surface area (Å²) >= 11 is 0. The fraction of sp³-hybridized carbons (Fsp3) is 0.357. The largest absolute Gasteiger partial charge is 0.491 e. The summed E-state index contributed by atoms with van der Waals surface area (Å²) in [6.45, 7) is 1.80. The van der Waals surface area contributed by atoms with Crippen molar-refractivity contribution < 1.29 is 19.1 Å². The summed E-state index contributed by atoms with van der Waals surface area (Å²) < 4.78 is 11.6. The predicted octanol–water partition coefficient (Wildman–Crippen LogP) is 4.98. The molecule has 8 nitrogen and oxygen atoms in total. The Bertz CT molecular complexity index is 1160. The lowest BCUT2D eigenvalue weighted by Crippen LogP contribution is -2.43. The maximum Gasteiger partial charge on any atom is 0.410 e. The van der Waals surface area contributed by atoms with Crippen LogP contribution in [0.3, 0.4) is 0 Å². The fourth-order valence-electron chi connectivity index (χ4n) is 4.33. The minimum atomic E-state index is -0.351. The molecule has 0 N–H and O–H groups in total. The molecule has 5 rings (SSSR count). The van der Waals surface area contributed by atoms with E-state index in [1.54, 1.807) is 22.1 Å². The zero-order valence-electron chi connectivity index (χ0n) is 20.2. The SMILES string of the molecule is O=C(OCc1ccccc1)N1CCC(C(=O)N(c2ccncn2)c2ccccc2OCC2CC2)CC1. The number of aromatic nitrogens is 2. The van der Waals surface area contributed by atoms with Gasteiger partial charge in [-0.25, -0.2) is 14.8 Å². The summed E-state index contributed by atoms with van der Waals surface area (Å²) in [4.78, 5) is 38.1. The number of ether oxygens (including phenoxy) is 2. The predicted molar refractivity (Wildman–Crippen MR) is 135 cm³/mol. The zero-order chi connectivity index (χ0) is 24.7. The Hall–Kier alpha value is -3.94. The first-order valence-corrected chi connectivity index (χ1v) is 12.5. The number of carbonyl (C=O) groups is 2. The van der Waals surface area contributed by atoms with Crippen molar-refractivity contribution in [2.75, 3.05) is 24.6 Å². The lowest BCUT2D eigenvalue weighted by molar-refractivity contribution is -0.123. The number of anilines is 2. The van der Waals surface area contributed by atoms with E-state index in [-0.39, 0.29) is 24.5 Å². The van der Waals surface area contributed by atoms with Gasteiger partial charge in [0, 0.05) is 25.2 Å². The summed E-state index contributed by atoms with van der Waals surface area (Å²) in [6, 6.07) is 18.9. The Kier molecular flexibility index (Phi) is 7.40. The second-order valence-electron chi connectivity index (χ2n) is 9.26. The standard InChI is InChI=1S/C28H30N4O4/c33-27(23-13-16-31(17-14-23)28(34)36-19-21-6-2-1-3-7-21)32(26-12-15-29-20-30-26)24-8-4-5-9-25(24)35-18-22-10-11-22/h1-9,12,15,20,22-23H,10-11,13-14,16-19H2. The molecule has 1 aromatic heterocycles. The Morgan fingerprint density at radius 1 is 0.944 bits per heavy atom. The van der Waals surface area contributed by atoms with Crippen molar-refractivity contribution in [3.8, 4) is 5.75 Å². The lowest BCUT2D eigenvalue weighted by atomic mass is 9.95. The van der Waals surface area contributed by atoms with E-state index in [0.717, 1.165) is 5.56 Å². The van der Waals surface area contributed by atoms with Gasteiger partial charge in [-0.05, 0) is 55.4 Å². The van der Waals surface area contributed by atoms with Crippen LogP contribution in [0.2, 0.25) is 0 Å². The third kappa shape index (κ3) is 5.82. The number of likely N-dealkylation sites (tertiary alicyclic amines) is 1. The molecular weight excluding hydrogens is 456 g/mol. The maximum absolute atomic E-state index is 13.9. The molecule has 1 aliphatic carbocycles. The number of piperidine rings is 1. The van der Waals surface area contributed by atoms with Crippen LogP contribution in [0.5, 0.6) is 5.75 Å². The van der Waals surface area contributed by atoms with E-state index in [1.165, 1.54) is 19.2 Å². The van der Waals surface area contributed by atoms with Crippen molar-refractivity contribution in [1.82, 2.24) is 14.9 Å². The Morgan fingerprint density at radius 3 is 2.42 bits per heavy atom. The van der Waals surface area contributed by atoms with Crippen LogP contribution < -0.4 is 9.64 Å². The molecule has 0 spiro atoms. The van der Waals surface area contributed by atoms with Crippen molar-refractivity contribution in [2.45, 2.75) is 32.3 Å². The highest BCUT2D eigenvalue weighted by atomic mass is 16.6. The number of hydrogen-bond acceptors (Lipinski definition) is 6. The number of rotatable bonds is 8. The molecule has 0 atom stereocenters. The summed E-state index contributed by atoms with van der Waals surface area (Å²) in [5, 5.41) is 0. The van der Waals surface area contributed by atoms with Gasteiger partial charge in [0.05, 0.1) is 12.3 Å². The van der Waals surface area contributed by atoms with Crippen LogP contribution in [0.25, 0.3) is 0 Å². The van der Waals surface area contributed by atoms with E-state index in [4.69, 9.17) is 9.47 Å². The van der Waals surface area contributed by atoms with Crippen molar-refractivity contribution in [3.05, 3.63) is 78.8 Å². The molecule has 1 saturated heterocycles. The normalized spacial score (nSPS) is 15.8. The van der Waals surface area contributed by atoms with Crippen LogP contribution in [0.1, 0.15) is 31.2 Å². The number of benzene rings is 2. The van der Waals surface area contributed by atoms with Crippen molar-refractivity contribution in [3.63, 3.8) is 0 Å². The Morgan fingerprint density at radius 2 is 1.69 bits per heavy atom. The first-order chi connectivity index (χ1) is 17.7. The Labute approximate surface area is 210 Å². The molecular formula is C28H30N4O4. The van der Waals surface area contributed by atoms with Gasteiger partial charge in [-0.2, -0.15) is 0 Å². The van der Waals surface area contributed by atoms with Crippen molar-refractivity contribution >= 4 is 23.5 Å². The molecule has 0 unspecified atom stereocenters. The van der Waals surface area contributed by atoms with Crippen LogP contribution in [0.4, 0.5) is 16.3 Å². The van der Waals surface area contributed by atoms with Gasteiger partial charge < -0.3 is 14.4 Å². The van der Waals surface area contributed by atoms with Gasteiger partial charge in [0.1, 0.15) is 24.5 Å². The molecule has 0 bridgehead atoms. The van der Waals surface area contributed by atoms with Gasteiger partial charge in [-0.3, -0.25) is 9.69 Å². The lowest BCUT2D eigenvalue weighted by Gasteiger charge is -2.33. The van der Waals surface area contributed by atoms with E-state index < -0.39 is 0 Å². The molecule has 3 aromatic rings. The van der Waals surface area contributed by atoms with Crippen LogP contribution in [-0.4, -0.2) is 46.6 Å². The van der Waals surface area contributed by atoms with Gasteiger partial charge in [0.2, 0.25) is 5.91 Å². The molecule has 2 aromatic carbocycles. The minimum absolute atomic E-state index is 0.0616. The van der Waals surface area contributed by atoms with E-state index in [1.807, 2.05) is 54.6 Å². The highest BCUT2D eigenvalue weighted by Crippen LogP contribution is 2.37. The van der Waals surface area contributed by atoms with Crippen molar-refractivity contribution in [1.29, 1.82) is 0 Å². The topological polar surface area (TPSA) is 84.9 Å². The Balaban J connectivity index is 1.27. The zero-order valence-corrected chi connectivity index (χ0v) is 20.2. The average Bonchev–Trinajstić information content (AvgIpc) is 3.77. The summed E-state index contributed by atoms with van der Waals surface area (Å²) in [5.41, 5.74) is 1.62. The smallest absolute Gasteiger partial charge is 0.410 e. The summed E-state index contributed by atoms with van der Waals surface area (Å²) in [6.07, 6.45) is 6.18. The molecule has 8 heteroatoms. The number of nitrogens with zero attached hydrogens (tertiary/aromatic N) is 4. The maximum atomic E-state index is 13.9. The van der Waals surface area contributed by atoms with E-state index in [2.05, 4.69) is 9.97 Å². The molecule has 2 fully saturated rings. The second kappa shape index (κ2) is 11.2.